The molecule has 4 nitrogen and oxygen atoms in total. The topological polar surface area (TPSA) is 52.1 Å². The fourth-order valence-corrected chi connectivity index (χ4v) is 8.47. The molecule has 1 atom stereocenters. The molecule has 0 fully saturated rings. The van der Waals surface area contributed by atoms with Crippen LogP contribution in [0.4, 0.5) is 0 Å². The summed E-state index contributed by atoms with van der Waals surface area (Å²) >= 11 is 0. The van der Waals surface area contributed by atoms with Crippen LogP contribution < -0.4 is 10.6 Å². The van der Waals surface area contributed by atoms with Gasteiger partial charge in [0.15, 0.2) is 5.82 Å². The predicted octanol–water partition coefficient (Wildman–Crippen LogP) is 10.6. The molecule has 0 radical (unpaired) electrons. The predicted molar refractivity (Wildman–Crippen MR) is 209 cm³/mol. The van der Waals surface area contributed by atoms with Gasteiger partial charge in [-0.2, -0.15) is 0 Å². The molecule has 246 valence electrons. The van der Waals surface area contributed by atoms with Gasteiger partial charge < -0.3 is 8.83 Å². The van der Waals surface area contributed by atoms with Gasteiger partial charge in [-0.25, -0.2) is 9.97 Å². The first-order chi connectivity index (χ1) is 25.7. The minimum Gasteiger partial charge on any atom is -0.456 e. The third-order valence-corrected chi connectivity index (χ3v) is 11.0. The van der Waals surface area contributed by atoms with Gasteiger partial charge in [-0.3, -0.25) is 0 Å². The Kier molecular flexibility index (Phi) is 6.47. The normalized spacial score (nSPS) is 15.0. The molecule has 0 aliphatic heterocycles. The molecule has 0 spiro atoms. The van der Waals surface area contributed by atoms with Crippen molar-refractivity contribution in [3.05, 3.63) is 179 Å². The van der Waals surface area contributed by atoms with Gasteiger partial charge in [0, 0.05) is 44.0 Å². The van der Waals surface area contributed by atoms with Gasteiger partial charge in [-0.15, -0.1) is 0 Å². The minimum absolute atomic E-state index is 0.201. The van der Waals surface area contributed by atoms with Crippen LogP contribution in [0.15, 0.2) is 154 Å². The summed E-state index contributed by atoms with van der Waals surface area (Å²) in [7, 11) is 0. The van der Waals surface area contributed by atoms with Crippen LogP contribution in [-0.2, 0) is 6.42 Å². The first-order valence-electron chi connectivity index (χ1n) is 18.0. The molecule has 0 amide bonds. The van der Waals surface area contributed by atoms with Crippen LogP contribution in [0.2, 0.25) is 0 Å². The van der Waals surface area contributed by atoms with Crippen molar-refractivity contribution in [3.8, 4) is 33.6 Å². The maximum Gasteiger partial charge on any atom is 0.160 e. The van der Waals surface area contributed by atoms with Crippen LogP contribution in [0.1, 0.15) is 41.3 Å². The molecule has 52 heavy (non-hydrogen) atoms. The Morgan fingerprint density at radius 2 is 1.25 bits per heavy atom. The fourth-order valence-electron chi connectivity index (χ4n) is 8.47. The van der Waals surface area contributed by atoms with Gasteiger partial charge >= 0.3 is 0 Å². The SMILES string of the molecule is C1=c2c(oc3ccc([C@H]4Cc5cc6oc7ccccc7c6cc5-c5ccccc54)cc23)=C(c2nc(-c3ccccc3)cc(-c3ccccc3)n2)CC1. The monoisotopic (exact) mass is 668 g/mol. The van der Waals surface area contributed by atoms with Crippen molar-refractivity contribution in [2.24, 2.45) is 0 Å². The second kappa shape index (κ2) is 11.5. The summed E-state index contributed by atoms with van der Waals surface area (Å²) in [6.07, 6.45) is 4.94. The van der Waals surface area contributed by atoms with E-state index in [4.69, 9.17) is 18.8 Å². The maximum absolute atomic E-state index is 6.73. The molecular weight excluding hydrogens is 637 g/mol. The molecule has 0 bridgehead atoms. The molecule has 2 aliphatic rings. The van der Waals surface area contributed by atoms with E-state index in [1.54, 1.807) is 0 Å². The highest BCUT2D eigenvalue weighted by Crippen LogP contribution is 2.45. The molecule has 4 heteroatoms. The van der Waals surface area contributed by atoms with E-state index in [9.17, 15) is 0 Å². The summed E-state index contributed by atoms with van der Waals surface area (Å²) in [5.41, 5.74) is 15.2. The summed E-state index contributed by atoms with van der Waals surface area (Å²) in [5.74, 6) is 0.926. The molecule has 6 aromatic carbocycles. The number of nitrogens with zero attached hydrogens (tertiary/aromatic N) is 2. The van der Waals surface area contributed by atoms with E-state index in [1.807, 2.05) is 18.2 Å². The molecule has 3 aromatic heterocycles. The fraction of sp³-hybridized carbons (Fsp3) is 0.0833. The van der Waals surface area contributed by atoms with E-state index in [0.29, 0.717) is 0 Å². The van der Waals surface area contributed by atoms with Crippen molar-refractivity contribution in [1.29, 1.82) is 0 Å². The van der Waals surface area contributed by atoms with E-state index in [1.165, 1.54) is 33.2 Å². The van der Waals surface area contributed by atoms with Gasteiger partial charge in [-0.05, 0) is 83.5 Å². The third kappa shape index (κ3) is 4.61. The maximum atomic E-state index is 6.73. The standard InChI is InChI=1S/C48H32N2O2/c1-3-12-29(13-4-1)42-28-43(30-14-5-2-6-15-30)50-48(49-42)37-20-11-19-36-40-24-31(22-23-45(40)52-47(36)37)38-25-32-26-46-41(35-18-9-10-21-44(35)51-46)27-39(32)34-17-8-7-16-33(34)38/h1-10,12-19,21-24,26-28,38H,11,20,25H2/t38-/m1/s1. The van der Waals surface area contributed by atoms with Gasteiger partial charge in [0.1, 0.15) is 22.2 Å². The summed E-state index contributed by atoms with van der Waals surface area (Å²) in [6, 6.07) is 51.4. The Morgan fingerprint density at radius 3 is 2.06 bits per heavy atom. The Bertz CT molecular complexity index is 2930. The lowest BCUT2D eigenvalue weighted by Gasteiger charge is -2.28. The zero-order valence-corrected chi connectivity index (χ0v) is 28.3. The van der Waals surface area contributed by atoms with E-state index in [0.717, 1.165) is 91.3 Å². The van der Waals surface area contributed by atoms with Crippen molar-refractivity contribution in [2.45, 2.75) is 25.2 Å². The van der Waals surface area contributed by atoms with Crippen molar-refractivity contribution >= 4 is 44.6 Å². The second-order valence-corrected chi connectivity index (χ2v) is 14.0. The number of hydrogen-bond donors (Lipinski definition) is 0. The average molecular weight is 669 g/mol. The molecular formula is C48H32N2O2. The summed E-state index contributed by atoms with van der Waals surface area (Å²) in [5, 5.41) is 4.62. The Hall–Kier alpha value is -6.52. The molecule has 0 N–H and O–H groups in total. The number of rotatable bonds is 4. The van der Waals surface area contributed by atoms with Crippen LogP contribution in [0.25, 0.3) is 78.2 Å². The largest absolute Gasteiger partial charge is 0.456 e. The van der Waals surface area contributed by atoms with Crippen molar-refractivity contribution in [1.82, 2.24) is 9.97 Å². The van der Waals surface area contributed by atoms with Crippen LogP contribution in [0, 0.1) is 0 Å². The highest BCUT2D eigenvalue weighted by atomic mass is 16.3. The molecule has 2 aliphatic carbocycles. The van der Waals surface area contributed by atoms with Crippen molar-refractivity contribution < 1.29 is 8.83 Å². The molecule has 9 aromatic rings. The zero-order valence-electron chi connectivity index (χ0n) is 28.3. The van der Waals surface area contributed by atoms with Gasteiger partial charge in [0.2, 0.25) is 0 Å². The van der Waals surface area contributed by atoms with E-state index >= 15 is 0 Å². The first-order valence-corrected chi connectivity index (χ1v) is 18.0. The van der Waals surface area contributed by atoms with Crippen molar-refractivity contribution in [2.75, 3.05) is 0 Å². The van der Waals surface area contributed by atoms with Gasteiger partial charge in [0.05, 0.1) is 11.4 Å². The number of furan rings is 2. The van der Waals surface area contributed by atoms with Crippen LogP contribution in [0.3, 0.4) is 0 Å². The summed E-state index contributed by atoms with van der Waals surface area (Å²) in [6.45, 7) is 0. The Morgan fingerprint density at radius 1 is 0.538 bits per heavy atom. The number of fused-ring (bicyclic) bond motifs is 9. The molecule has 0 saturated heterocycles. The third-order valence-electron chi connectivity index (χ3n) is 11.0. The highest BCUT2D eigenvalue weighted by molar-refractivity contribution is 6.07. The van der Waals surface area contributed by atoms with Crippen LogP contribution in [-0.4, -0.2) is 9.97 Å². The lowest BCUT2D eigenvalue weighted by molar-refractivity contribution is 0.567. The summed E-state index contributed by atoms with van der Waals surface area (Å²) < 4.78 is 13.1. The van der Waals surface area contributed by atoms with E-state index in [2.05, 4.69) is 133 Å². The zero-order chi connectivity index (χ0) is 34.2. The molecule has 11 rings (SSSR count). The van der Waals surface area contributed by atoms with Crippen LogP contribution >= 0.6 is 0 Å². The molecule has 0 unspecified atom stereocenters. The number of benzene rings is 6. The lowest BCUT2D eigenvalue weighted by Crippen LogP contribution is -2.27. The van der Waals surface area contributed by atoms with E-state index in [-0.39, 0.29) is 5.92 Å². The first kappa shape index (κ1) is 29.2. The number of para-hydroxylation sites is 1. The Balaban J connectivity index is 1.06. The summed E-state index contributed by atoms with van der Waals surface area (Å²) in [4.78, 5) is 10.3. The quantitative estimate of drug-likeness (QED) is 0.187. The number of aromatic nitrogens is 2. The molecule has 3 heterocycles. The molecule has 0 saturated carbocycles. The van der Waals surface area contributed by atoms with Gasteiger partial charge in [-0.1, -0.05) is 115 Å². The highest BCUT2D eigenvalue weighted by Gasteiger charge is 2.28. The Labute approximate surface area is 300 Å². The van der Waals surface area contributed by atoms with E-state index < -0.39 is 0 Å². The lowest BCUT2D eigenvalue weighted by atomic mass is 9.75. The second-order valence-electron chi connectivity index (χ2n) is 14.0. The number of hydrogen-bond acceptors (Lipinski definition) is 4. The average Bonchev–Trinajstić information content (AvgIpc) is 3.78. The van der Waals surface area contributed by atoms with Crippen LogP contribution in [0.5, 0.6) is 0 Å². The van der Waals surface area contributed by atoms with Crippen molar-refractivity contribution in [3.63, 3.8) is 0 Å². The smallest absolute Gasteiger partial charge is 0.160 e. The minimum atomic E-state index is 0.201. The van der Waals surface area contributed by atoms with Gasteiger partial charge in [0.25, 0.3) is 0 Å².